The first-order chi connectivity index (χ1) is 7.81. The van der Waals surface area contributed by atoms with Crippen LogP contribution in [-0.2, 0) is 13.0 Å². The molecule has 0 aliphatic heterocycles. The van der Waals surface area contributed by atoms with Gasteiger partial charge in [-0.25, -0.2) is 4.98 Å². The monoisotopic (exact) mass is 214 g/mol. The molecule has 0 radical (unpaired) electrons. The molecule has 3 rings (SSSR count). The Labute approximate surface area is 93.1 Å². The Balaban J connectivity index is 2.34. The quantitative estimate of drug-likeness (QED) is 0.683. The van der Waals surface area contributed by atoms with Gasteiger partial charge in [0.05, 0.1) is 11.0 Å². The number of imidazole rings is 2. The van der Waals surface area contributed by atoms with E-state index in [1.165, 1.54) is 5.56 Å². The first kappa shape index (κ1) is 9.42. The van der Waals surface area contributed by atoms with Gasteiger partial charge in [0, 0.05) is 18.4 Å². The van der Waals surface area contributed by atoms with E-state index >= 15 is 0 Å². The number of H-pyrrole nitrogens is 1. The zero-order valence-electron chi connectivity index (χ0n) is 9.20. The van der Waals surface area contributed by atoms with Gasteiger partial charge >= 0.3 is 0 Å². The lowest BCUT2D eigenvalue weighted by molar-refractivity contribution is 1.01. The molecular formula is C12H14N4. The number of nitrogens with zero attached hydrogens (tertiary/aromatic N) is 2. The standard InChI is InChI=1S/C12H14N4/c1-2-8-3-4-10-11(5-8)16-7-9(6-13)14-12(16)15-10/h3-5,7H,2,6,13H2,1H3,(H,14,15). The van der Waals surface area contributed by atoms with Gasteiger partial charge < -0.3 is 10.7 Å². The maximum Gasteiger partial charge on any atom is 0.212 e. The van der Waals surface area contributed by atoms with Gasteiger partial charge in [-0.2, -0.15) is 0 Å². The molecule has 3 aromatic rings. The second-order valence-corrected chi connectivity index (χ2v) is 3.97. The largest absolute Gasteiger partial charge is 0.326 e. The molecule has 0 saturated carbocycles. The van der Waals surface area contributed by atoms with Crippen molar-refractivity contribution in [2.45, 2.75) is 19.9 Å². The average Bonchev–Trinajstić information content (AvgIpc) is 2.85. The van der Waals surface area contributed by atoms with Crippen LogP contribution in [-0.4, -0.2) is 14.4 Å². The molecule has 16 heavy (non-hydrogen) atoms. The van der Waals surface area contributed by atoms with Gasteiger partial charge in [0.2, 0.25) is 5.78 Å². The molecule has 0 atom stereocenters. The van der Waals surface area contributed by atoms with Gasteiger partial charge in [-0.1, -0.05) is 13.0 Å². The predicted octanol–water partition coefficient (Wildman–Crippen LogP) is 1.84. The topological polar surface area (TPSA) is 59.1 Å². The molecule has 0 aliphatic rings. The molecule has 4 heteroatoms. The van der Waals surface area contributed by atoms with E-state index in [4.69, 9.17) is 5.73 Å². The second kappa shape index (κ2) is 3.35. The Morgan fingerprint density at radius 2 is 2.31 bits per heavy atom. The van der Waals surface area contributed by atoms with E-state index in [2.05, 4.69) is 39.5 Å². The smallest absolute Gasteiger partial charge is 0.212 e. The van der Waals surface area contributed by atoms with Crippen molar-refractivity contribution in [2.24, 2.45) is 5.73 Å². The SMILES string of the molecule is CCc1ccc2nc3[nH]c(CN)cn3c2c1. The van der Waals surface area contributed by atoms with Crippen molar-refractivity contribution in [1.29, 1.82) is 0 Å². The summed E-state index contributed by atoms with van der Waals surface area (Å²) in [7, 11) is 0. The molecule has 2 heterocycles. The Kier molecular flexibility index (Phi) is 1.97. The number of rotatable bonds is 2. The highest BCUT2D eigenvalue weighted by molar-refractivity contribution is 5.80. The van der Waals surface area contributed by atoms with E-state index in [0.29, 0.717) is 6.54 Å². The third-order valence-electron chi connectivity index (χ3n) is 2.94. The van der Waals surface area contributed by atoms with Gasteiger partial charge in [0.1, 0.15) is 0 Å². The molecule has 0 aliphatic carbocycles. The number of nitrogens with one attached hydrogen (secondary N) is 1. The lowest BCUT2D eigenvalue weighted by Crippen LogP contribution is -1.95. The van der Waals surface area contributed by atoms with Crippen LogP contribution in [0.15, 0.2) is 24.4 Å². The van der Waals surface area contributed by atoms with Crippen molar-refractivity contribution in [3.05, 3.63) is 35.7 Å². The summed E-state index contributed by atoms with van der Waals surface area (Å²) in [5.41, 5.74) is 10.1. The summed E-state index contributed by atoms with van der Waals surface area (Å²) >= 11 is 0. The molecule has 0 fully saturated rings. The molecule has 0 amide bonds. The van der Waals surface area contributed by atoms with Crippen LogP contribution in [0.1, 0.15) is 18.2 Å². The van der Waals surface area contributed by atoms with Gasteiger partial charge in [-0.05, 0) is 24.1 Å². The number of hydrogen-bond donors (Lipinski definition) is 2. The first-order valence-electron chi connectivity index (χ1n) is 5.50. The number of aromatic nitrogens is 3. The second-order valence-electron chi connectivity index (χ2n) is 3.97. The number of benzene rings is 1. The third-order valence-corrected chi connectivity index (χ3v) is 2.94. The number of fused-ring (bicyclic) bond motifs is 3. The van der Waals surface area contributed by atoms with Crippen LogP contribution >= 0.6 is 0 Å². The van der Waals surface area contributed by atoms with Crippen molar-refractivity contribution in [3.63, 3.8) is 0 Å². The highest BCUT2D eigenvalue weighted by atomic mass is 15.1. The third kappa shape index (κ3) is 1.23. The minimum atomic E-state index is 0.512. The Bertz CT molecular complexity index is 647. The van der Waals surface area contributed by atoms with Gasteiger partial charge in [0.15, 0.2) is 0 Å². The lowest BCUT2D eigenvalue weighted by Gasteiger charge is -1.96. The Morgan fingerprint density at radius 3 is 3.06 bits per heavy atom. The number of aryl methyl sites for hydroxylation is 1. The highest BCUT2D eigenvalue weighted by Gasteiger charge is 2.07. The van der Waals surface area contributed by atoms with Gasteiger partial charge in [0.25, 0.3) is 0 Å². The molecule has 4 nitrogen and oxygen atoms in total. The van der Waals surface area contributed by atoms with Crippen LogP contribution in [0.2, 0.25) is 0 Å². The van der Waals surface area contributed by atoms with Crippen LogP contribution in [0.5, 0.6) is 0 Å². The first-order valence-corrected chi connectivity index (χ1v) is 5.50. The predicted molar refractivity (Wildman–Crippen MR) is 64.3 cm³/mol. The van der Waals surface area contributed by atoms with Crippen LogP contribution < -0.4 is 5.73 Å². The zero-order valence-corrected chi connectivity index (χ0v) is 9.20. The summed E-state index contributed by atoms with van der Waals surface area (Å²) in [6.45, 7) is 2.67. The lowest BCUT2D eigenvalue weighted by atomic mass is 10.1. The molecule has 0 spiro atoms. The van der Waals surface area contributed by atoms with E-state index in [9.17, 15) is 0 Å². The molecule has 0 saturated heterocycles. The van der Waals surface area contributed by atoms with Crippen molar-refractivity contribution < 1.29 is 0 Å². The number of aromatic amines is 1. The van der Waals surface area contributed by atoms with E-state index in [0.717, 1.165) is 28.9 Å². The zero-order chi connectivity index (χ0) is 11.1. The van der Waals surface area contributed by atoms with Crippen LogP contribution in [0.25, 0.3) is 16.8 Å². The fourth-order valence-electron chi connectivity index (χ4n) is 2.01. The van der Waals surface area contributed by atoms with Crippen molar-refractivity contribution >= 4 is 16.8 Å². The van der Waals surface area contributed by atoms with Crippen LogP contribution in [0.4, 0.5) is 0 Å². The molecule has 3 N–H and O–H groups in total. The highest BCUT2D eigenvalue weighted by Crippen LogP contribution is 2.18. The molecule has 82 valence electrons. The molecule has 0 unspecified atom stereocenters. The number of nitrogens with two attached hydrogens (primary N) is 1. The Morgan fingerprint density at radius 1 is 1.44 bits per heavy atom. The maximum atomic E-state index is 5.60. The summed E-state index contributed by atoms with van der Waals surface area (Å²) in [6, 6.07) is 6.37. The summed E-state index contributed by atoms with van der Waals surface area (Å²) < 4.78 is 2.07. The van der Waals surface area contributed by atoms with Crippen molar-refractivity contribution in [2.75, 3.05) is 0 Å². The van der Waals surface area contributed by atoms with Crippen LogP contribution in [0, 0.1) is 0 Å². The van der Waals surface area contributed by atoms with E-state index in [-0.39, 0.29) is 0 Å². The fraction of sp³-hybridized carbons (Fsp3) is 0.250. The van der Waals surface area contributed by atoms with E-state index in [1.807, 2.05) is 6.20 Å². The van der Waals surface area contributed by atoms with Crippen molar-refractivity contribution in [1.82, 2.24) is 14.4 Å². The normalized spacial score (nSPS) is 11.6. The summed E-state index contributed by atoms with van der Waals surface area (Å²) in [6.07, 6.45) is 3.06. The Hall–Kier alpha value is -1.81. The van der Waals surface area contributed by atoms with Gasteiger partial charge in [-0.3, -0.25) is 4.40 Å². The molecule has 2 aromatic heterocycles. The summed E-state index contributed by atoms with van der Waals surface area (Å²) in [4.78, 5) is 7.71. The maximum absolute atomic E-state index is 5.60. The number of hydrogen-bond acceptors (Lipinski definition) is 2. The van der Waals surface area contributed by atoms with Crippen LogP contribution in [0.3, 0.4) is 0 Å². The minimum absolute atomic E-state index is 0.512. The fourth-order valence-corrected chi connectivity index (χ4v) is 2.01. The van der Waals surface area contributed by atoms with E-state index in [1.54, 1.807) is 0 Å². The minimum Gasteiger partial charge on any atom is -0.326 e. The summed E-state index contributed by atoms with van der Waals surface area (Å²) in [5, 5.41) is 0. The molecule has 1 aromatic carbocycles. The average molecular weight is 214 g/mol. The summed E-state index contributed by atoms with van der Waals surface area (Å²) in [5.74, 6) is 0.865. The molecule has 0 bridgehead atoms. The van der Waals surface area contributed by atoms with E-state index < -0.39 is 0 Å². The molecular weight excluding hydrogens is 200 g/mol. The van der Waals surface area contributed by atoms with Gasteiger partial charge in [-0.15, -0.1) is 0 Å². The van der Waals surface area contributed by atoms with Crippen molar-refractivity contribution in [3.8, 4) is 0 Å².